The first kappa shape index (κ1) is 19.6. The number of piperazine rings is 1. The lowest BCUT2D eigenvalue weighted by atomic mass is 9.93. The number of nitrogens with zero attached hydrogens (tertiary/aromatic N) is 4. The summed E-state index contributed by atoms with van der Waals surface area (Å²) in [6.45, 7) is 3.46. The molecule has 2 amide bonds. The monoisotopic (exact) mass is 396 g/mol. The maximum absolute atomic E-state index is 12.6. The van der Waals surface area contributed by atoms with E-state index in [2.05, 4.69) is 10.1 Å². The van der Waals surface area contributed by atoms with Crippen LogP contribution in [0.1, 0.15) is 50.0 Å². The minimum Gasteiger partial charge on any atom is -0.339 e. The third kappa shape index (κ3) is 4.66. The molecule has 0 N–H and O–H groups in total. The van der Waals surface area contributed by atoms with E-state index in [1.54, 1.807) is 4.90 Å². The topological polar surface area (TPSA) is 79.5 Å². The molecule has 2 fully saturated rings. The Labute approximate surface area is 171 Å². The molecule has 1 saturated carbocycles. The van der Waals surface area contributed by atoms with Gasteiger partial charge in [0.2, 0.25) is 23.5 Å². The van der Waals surface area contributed by atoms with Crippen LogP contribution in [-0.2, 0) is 16.0 Å². The highest BCUT2D eigenvalue weighted by Crippen LogP contribution is 2.24. The number of benzene rings is 1. The summed E-state index contributed by atoms with van der Waals surface area (Å²) in [5, 5.41) is 4.02. The van der Waals surface area contributed by atoms with Crippen LogP contribution in [0.25, 0.3) is 11.4 Å². The van der Waals surface area contributed by atoms with Crippen molar-refractivity contribution in [2.75, 3.05) is 19.6 Å². The van der Waals surface area contributed by atoms with Gasteiger partial charge in [0, 0.05) is 37.5 Å². The fraction of sp³-hybridized carbons (Fsp3) is 0.545. The van der Waals surface area contributed by atoms with Crippen LogP contribution in [0.4, 0.5) is 0 Å². The normalized spacial score (nSPS) is 18.3. The van der Waals surface area contributed by atoms with E-state index < -0.39 is 0 Å². The quantitative estimate of drug-likeness (QED) is 0.776. The molecule has 0 unspecified atom stereocenters. The summed E-state index contributed by atoms with van der Waals surface area (Å²) in [5.74, 6) is 1.03. The van der Waals surface area contributed by atoms with Gasteiger partial charge < -0.3 is 14.3 Å². The Hall–Kier alpha value is -2.70. The molecule has 2 aliphatic rings. The predicted molar refractivity (Wildman–Crippen MR) is 108 cm³/mol. The Balaban J connectivity index is 1.29. The van der Waals surface area contributed by atoms with Crippen molar-refractivity contribution in [3.05, 3.63) is 35.7 Å². The zero-order valence-electron chi connectivity index (χ0n) is 17.0. The number of carbonyl (C=O) groups is 2. The highest BCUT2D eigenvalue weighted by atomic mass is 16.5. The van der Waals surface area contributed by atoms with Crippen molar-refractivity contribution >= 4 is 11.8 Å². The number of hydrogen-bond acceptors (Lipinski definition) is 5. The van der Waals surface area contributed by atoms with Gasteiger partial charge in [0.15, 0.2) is 0 Å². The van der Waals surface area contributed by atoms with Crippen LogP contribution in [-0.4, -0.2) is 57.4 Å². The second-order valence-corrected chi connectivity index (χ2v) is 8.08. The lowest BCUT2D eigenvalue weighted by Gasteiger charge is -2.40. The SMILES string of the molecule is Cc1cccc(-c2noc(CCC(=O)N3CCN(C4CCCCC4)C(=O)C3)n2)c1. The van der Waals surface area contributed by atoms with E-state index in [1.165, 1.54) is 19.3 Å². The zero-order valence-corrected chi connectivity index (χ0v) is 17.0. The first-order valence-electron chi connectivity index (χ1n) is 10.6. The molecule has 2 aromatic rings. The Morgan fingerprint density at radius 1 is 1.21 bits per heavy atom. The minimum absolute atomic E-state index is 0.0306. The van der Waals surface area contributed by atoms with Crippen LogP contribution in [0.5, 0.6) is 0 Å². The first-order chi connectivity index (χ1) is 14.1. The van der Waals surface area contributed by atoms with Crippen LogP contribution in [0.3, 0.4) is 0 Å². The van der Waals surface area contributed by atoms with E-state index >= 15 is 0 Å². The van der Waals surface area contributed by atoms with Gasteiger partial charge in [-0.1, -0.05) is 48.2 Å². The fourth-order valence-corrected chi connectivity index (χ4v) is 4.31. The summed E-state index contributed by atoms with van der Waals surface area (Å²) in [4.78, 5) is 33.2. The van der Waals surface area contributed by atoms with Gasteiger partial charge in [-0.25, -0.2) is 0 Å². The van der Waals surface area contributed by atoms with Gasteiger partial charge in [0.25, 0.3) is 0 Å². The number of amides is 2. The fourth-order valence-electron chi connectivity index (χ4n) is 4.31. The third-order valence-corrected chi connectivity index (χ3v) is 5.92. The largest absolute Gasteiger partial charge is 0.339 e. The van der Waals surface area contributed by atoms with Crippen LogP contribution < -0.4 is 0 Å². The standard InChI is InChI=1S/C22H28N4O3/c1-16-6-5-7-17(14-16)22-23-19(29-24-22)10-11-20(27)25-12-13-26(21(28)15-25)18-8-3-2-4-9-18/h5-7,14,18H,2-4,8-13,15H2,1H3. The van der Waals surface area contributed by atoms with Gasteiger partial charge in [0.1, 0.15) is 0 Å². The van der Waals surface area contributed by atoms with Crippen LogP contribution in [0.15, 0.2) is 28.8 Å². The summed E-state index contributed by atoms with van der Waals surface area (Å²) in [5.41, 5.74) is 2.02. The molecule has 29 heavy (non-hydrogen) atoms. The van der Waals surface area contributed by atoms with Crippen LogP contribution in [0.2, 0.25) is 0 Å². The summed E-state index contributed by atoms with van der Waals surface area (Å²) in [6, 6.07) is 8.26. The smallest absolute Gasteiger partial charge is 0.242 e. The highest BCUT2D eigenvalue weighted by molar-refractivity contribution is 5.86. The molecule has 2 heterocycles. The van der Waals surface area contributed by atoms with Crippen LogP contribution >= 0.6 is 0 Å². The van der Waals surface area contributed by atoms with E-state index in [4.69, 9.17) is 4.52 Å². The number of carbonyl (C=O) groups excluding carboxylic acids is 2. The molecule has 7 nitrogen and oxygen atoms in total. The third-order valence-electron chi connectivity index (χ3n) is 5.92. The van der Waals surface area contributed by atoms with E-state index in [0.29, 0.717) is 37.3 Å². The van der Waals surface area contributed by atoms with Crippen molar-refractivity contribution < 1.29 is 14.1 Å². The highest BCUT2D eigenvalue weighted by Gasteiger charge is 2.32. The molecule has 1 aromatic carbocycles. The molecule has 0 radical (unpaired) electrons. The van der Waals surface area contributed by atoms with Crippen LogP contribution in [0, 0.1) is 6.92 Å². The Kier molecular flexibility index (Phi) is 5.92. The van der Waals surface area contributed by atoms with Crippen molar-refractivity contribution in [1.82, 2.24) is 19.9 Å². The lowest BCUT2D eigenvalue weighted by Crippen LogP contribution is -2.55. The second-order valence-electron chi connectivity index (χ2n) is 8.08. The molecule has 154 valence electrons. The van der Waals surface area contributed by atoms with Crippen molar-refractivity contribution in [2.45, 2.75) is 57.9 Å². The minimum atomic E-state index is -0.0306. The van der Waals surface area contributed by atoms with Crippen molar-refractivity contribution in [1.29, 1.82) is 0 Å². The Morgan fingerprint density at radius 3 is 2.79 bits per heavy atom. The van der Waals surface area contributed by atoms with Gasteiger partial charge in [0.05, 0.1) is 6.54 Å². The Morgan fingerprint density at radius 2 is 2.03 bits per heavy atom. The maximum Gasteiger partial charge on any atom is 0.242 e. The van der Waals surface area contributed by atoms with Crippen molar-refractivity contribution in [3.8, 4) is 11.4 Å². The van der Waals surface area contributed by atoms with Crippen molar-refractivity contribution in [2.24, 2.45) is 0 Å². The van der Waals surface area contributed by atoms with E-state index in [9.17, 15) is 9.59 Å². The van der Waals surface area contributed by atoms with E-state index in [-0.39, 0.29) is 24.8 Å². The molecular weight excluding hydrogens is 368 g/mol. The number of aromatic nitrogens is 2. The molecule has 4 rings (SSSR count). The lowest BCUT2D eigenvalue weighted by molar-refractivity contribution is -0.147. The van der Waals surface area contributed by atoms with Crippen molar-refractivity contribution in [3.63, 3.8) is 0 Å². The number of hydrogen-bond donors (Lipinski definition) is 0. The molecule has 7 heteroatoms. The zero-order chi connectivity index (χ0) is 20.2. The molecule has 1 aliphatic carbocycles. The van der Waals surface area contributed by atoms with Gasteiger partial charge >= 0.3 is 0 Å². The Bertz CT molecular complexity index is 872. The molecule has 1 saturated heterocycles. The molecule has 0 atom stereocenters. The van der Waals surface area contributed by atoms with E-state index in [0.717, 1.165) is 24.0 Å². The number of aryl methyl sites for hydroxylation is 2. The average molecular weight is 396 g/mol. The molecule has 0 spiro atoms. The van der Waals surface area contributed by atoms with Gasteiger partial charge in [-0.2, -0.15) is 4.98 Å². The van der Waals surface area contributed by atoms with Gasteiger partial charge in [-0.3, -0.25) is 9.59 Å². The molecule has 1 aromatic heterocycles. The first-order valence-corrected chi connectivity index (χ1v) is 10.6. The maximum atomic E-state index is 12.6. The second kappa shape index (κ2) is 8.76. The molecular formula is C22H28N4O3. The summed E-state index contributed by atoms with van der Waals surface area (Å²) in [6.07, 6.45) is 6.52. The van der Waals surface area contributed by atoms with Gasteiger partial charge in [-0.15, -0.1) is 0 Å². The molecule has 0 bridgehead atoms. The summed E-state index contributed by atoms with van der Waals surface area (Å²) < 4.78 is 5.31. The van der Waals surface area contributed by atoms with E-state index in [1.807, 2.05) is 36.1 Å². The van der Waals surface area contributed by atoms with Gasteiger partial charge in [-0.05, 0) is 25.8 Å². The summed E-state index contributed by atoms with van der Waals surface area (Å²) in [7, 11) is 0. The average Bonchev–Trinajstić information content (AvgIpc) is 3.22. The summed E-state index contributed by atoms with van der Waals surface area (Å²) >= 11 is 0. The number of rotatable bonds is 5. The predicted octanol–water partition coefficient (Wildman–Crippen LogP) is 2.98. The molecule has 1 aliphatic heterocycles.